The second kappa shape index (κ2) is 11.5. The van der Waals surface area contributed by atoms with Crippen LogP contribution in [0.1, 0.15) is 62.4 Å². The van der Waals surface area contributed by atoms with Crippen molar-refractivity contribution in [2.24, 2.45) is 4.40 Å². The van der Waals surface area contributed by atoms with Gasteiger partial charge in [0, 0.05) is 18.3 Å². The third-order valence-electron chi connectivity index (χ3n) is 5.85. The number of unbranched alkanes of at least 4 members (excludes halogenated alkanes) is 1. The highest BCUT2D eigenvalue weighted by Crippen LogP contribution is 2.39. The van der Waals surface area contributed by atoms with E-state index < -0.39 is 16.4 Å². The molecule has 188 valence electrons. The van der Waals surface area contributed by atoms with Gasteiger partial charge in [0.05, 0.1) is 36.7 Å². The van der Waals surface area contributed by atoms with Crippen molar-refractivity contribution in [3.63, 3.8) is 0 Å². The molecule has 3 rings (SSSR count). The quantitative estimate of drug-likeness (QED) is 0.253. The lowest BCUT2D eigenvalue weighted by molar-refractivity contribution is -0.119. The van der Waals surface area contributed by atoms with Crippen LogP contribution < -0.4 is 19.5 Å². The summed E-state index contributed by atoms with van der Waals surface area (Å²) >= 11 is 0. The number of nitrogens with one attached hydrogen (secondary N) is 1. The number of rotatable bonds is 12. The van der Waals surface area contributed by atoms with E-state index in [-0.39, 0.29) is 23.0 Å². The second-order valence-corrected chi connectivity index (χ2v) is 9.81. The van der Waals surface area contributed by atoms with Gasteiger partial charge in [0.1, 0.15) is 5.75 Å². The topological polar surface area (TPSA) is 103 Å². The number of carbonyl (C=O) groups is 2. The number of Topliss-reactive ketones (excluding diaryl/α,β-unsaturated/α-hetero) is 1. The number of amides is 1. The molecule has 1 aliphatic heterocycles. The fourth-order valence-electron chi connectivity index (χ4n) is 3.85. The summed E-state index contributed by atoms with van der Waals surface area (Å²) in [5.74, 6) is 1.18. The smallest absolute Gasteiger partial charge is 0.234 e. The first-order chi connectivity index (χ1) is 16.7. The summed E-state index contributed by atoms with van der Waals surface area (Å²) < 4.78 is 33.6. The summed E-state index contributed by atoms with van der Waals surface area (Å²) in [6, 6.07) is 8.79. The minimum atomic E-state index is -1.76. The molecule has 1 atom stereocenters. The first kappa shape index (κ1) is 26.4. The number of ketones is 1. The number of ether oxygens (including phenoxy) is 3. The average molecular weight is 501 g/mol. The highest BCUT2D eigenvalue weighted by molar-refractivity contribution is 7.84. The van der Waals surface area contributed by atoms with Gasteiger partial charge >= 0.3 is 0 Å². The molecule has 1 amide bonds. The maximum atomic E-state index is 12.9. The van der Waals surface area contributed by atoms with Gasteiger partial charge in [0.2, 0.25) is 5.91 Å². The third kappa shape index (κ3) is 5.73. The summed E-state index contributed by atoms with van der Waals surface area (Å²) in [5.41, 5.74) is 1.39. The van der Waals surface area contributed by atoms with Gasteiger partial charge in [-0.15, -0.1) is 0 Å². The Morgan fingerprint density at radius 3 is 2.63 bits per heavy atom. The predicted octanol–water partition coefficient (Wildman–Crippen LogP) is 4.87. The van der Waals surface area contributed by atoms with Gasteiger partial charge in [0.15, 0.2) is 28.3 Å². The summed E-state index contributed by atoms with van der Waals surface area (Å²) in [7, 11) is 1.18. The molecule has 1 aliphatic rings. The highest BCUT2D eigenvalue weighted by Gasteiger charge is 2.38. The van der Waals surface area contributed by atoms with E-state index in [4.69, 9.17) is 14.2 Å². The van der Waals surface area contributed by atoms with Gasteiger partial charge in [-0.05, 0) is 69.0 Å². The highest BCUT2D eigenvalue weighted by atomic mass is 32.2. The standard InChI is InChI=1S/C26H32N2O6S/c1-6-9-20(29)23-22(13-12-21(32-4)24(23)33-5)35(31)27-14-7-8-15-34-17-10-11-19-18(16-17)26(2,3)25(30)28-19/h10-14,16H,6-9,15H2,1-5H3,(H,28,30)/b27-14+. The minimum absolute atomic E-state index is 0.0251. The van der Waals surface area contributed by atoms with E-state index in [1.54, 1.807) is 18.3 Å². The van der Waals surface area contributed by atoms with Crippen molar-refractivity contribution in [2.45, 2.75) is 56.8 Å². The van der Waals surface area contributed by atoms with Crippen molar-refractivity contribution >= 4 is 34.6 Å². The zero-order valence-corrected chi connectivity index (χ0v) is 21.6. The Morgan fingerprint density at radius 1 is 1.17 bits per heavy atom. The molecule has 2 aromatic carbocycles. The Balaban J connectivity index is 1.60. The molecular weight excluding hydrogens is 468 g/mol. The van der Waals surface area contributed by atoms with Gasteiger partial charge in [0.25, 0.3) is 0 Å². The maximum absolute atomic E-state index is 12.9. The van der Waals surface area contributed by atoms with Crippen molar-refractivity contribution in [1.29, 1.82) is 0 Å². The first-order valence-corrected chi connectivity index (χ1v) is 12.7. The number of carbonyl (C=O) groups excluding carboxylic acids is 2. The number of fused-ring (bicyclic) bond motifs is 1. The molecule has 0 radical (unpaired) electrons. The molecule has 0 bridgehead atoms. The van der Waals surface area contributed by atoms with E-state index in [0.717, 1.165) is 11.3 Å². The Labute approximate surface area is 208 Å². The molecule has 8 nitrogen and oxygen atoms in total. The van der Waals surface area contributed by atoms with E-state index >= 15 is 0 Å². The predicted molar refractivity (Wildman–Crippen MR) is 137 cm³/mol. The van der Waals surface area contributed by atoms with Crippen molar-refractivity contribution in [3.05, 3.63) is 41.5 Å². The number of hydrogen-bond donors (Lipinski definition) is 1. The zero-order valence-electron chi connectivity index (χ0n) is 20.8. The summed E-state index contributed by atoms with van der Waals surface area (Å²) in [4.78, 5) is 25.1. The Morgan fingerprint density at radius 2 is 1.94 bits per heavy atom. The van der Waals surface area contributed by atoms with Gasteiger partial charge in [-0.1, -0.05) is 6.92 Å². The van der Waals surface area contributed by atoms with Crippen LogP contribution in [0.5, 0.6) is 17.2 Å². The van der Waals surface area contributed by atoms with Crippen molar-refractivity contribution < 1.29 is 28.0 Å². The minimum Gasteiger partial charge on any atom is -0.494 e. The summed E-state index contributed by atoms with van der Waals surface area (Å²) in [6.45, 7) is 6.11. The van der Waals surface area contributed by atoms with Gasteiger partial charge in [-0.25, -0.2) is 4.21 Å². The molecule has 0 spiro atoms. The molecular formula is C26H32N2O6S. The Kier molecular flexibility index (Phi) is 8.67. The maximum Gasteiger partial charge on any atom is 0.234 e. The van der Waals surface area contributed by atoms with Gasteiger partial charge in [-0.3, -0.25) is 9.59 Å². The van der Waals surface area contributed by atoms with Crippen molar-refractivity contribution in [2.75, 3.05) is 26.1 Å². The fraction of sp³-hybridized carbons (Fsp3) is 0.423. The largest absolute Gasteiger partial charge is 0.494 e. The fourth-order valence-corrected chi connectivity index (χ4v) is 4.77. The molecule has 35 heavy (non-hydrogen) atoms. The lowest BCUT2D eigenvalue weighted by Crippen LogP contribution is -2.26. The molecule has 0 aromatic heterocycles. The lowest BCUT2D eigenvalue weighted by atomic mass is 9.86. The van der Waals surface area contributed by atoms with Crippen LogP contribution in [0.3, 0.4) is 0 Å². The number of nitrogens with zero attached hydrogens (tertiary/aromatic N) is 1. The Hall–Kier alpha value is -3.20. The van der Waals surface area contributed by atoms with Gasteiger partial charge < -0.3 is 19.5 Å². The van der Waals surface area contributed by atoms with Crippen LogP contribution in [0.15, 0.2) is 39.6 Å². The van der Waals surface area contributed by atoms with E-state index in [1.807, 2.05) is 39.0 Å². The number of anilines is 1. The SMILES string of the molecule is CCCC(=O)c1c(S(=O)/N=C/CCCOc2ccc3c(c2)C(C)(C)C(=O)N3)ccc(OC)c1OC. The number of methoxy groups -OCH3 is 2. The normalized spacial score (nSPS) is 14.9. The molecule has 1 N–H and O–H groups in total. The monoisotopic (exact) mass is 500 g/mol. The van der Waals surface area contributed by atoms with E-state index in [2.05, 4.69) is 9.71 Å². The molecule has 9 heteroatoms. The number of hydrogen-bond acceptors (Lipinski definition) is 6. The van der Waals surface area contributed by atoms with Gasteiger partial charge in [-0.2, -0.15) is 4.40 Å². The van der Waals surface area contributed by atoms with Crippen molar-refractivity contribution in [1.82, 2.24) is 0 Å². The van der Waals surface area contributed by atoms with E-state index in [9.17, 15) is 13.8 Å². The molecule has 2 aromatic rings. The second-order valence-electron chi connectivity index (χ2n) is 8.66. The van der Waals surface area contributed by atoms with Crippen LogP contribution in [0.2, 0.25) is 0 Å². The molecule has 1 heterocycles. The summed E-state index contributed by atoms with van der Waals surface area (Å²) in [5, 5.41) is 2.88. The van der Waals surface area contributed by atoms with Crippen LogP contribution in [0.4, 0.5) is 5.69 Å². The number of benzene rings is 2. The van der Waals surface area contributed by atoms with Crippen LogP contribution in [0.25, 0.3) is 0 Å². The average Bonchev–Trinajstić information content (AvgIpc) is 3.07. The lowest BCUT2D eigenvalue weighted by Gasteiger charge is -2.16. The van der Waals surface area contributed by atoms with Crippen LogP contribution in [-0.4, -0.2) is 42.9 Å². The first-order valence-electron chi connectivity index (χ1n) is 11.6. The molecule has 0 fully saturated rings. The molecule has 1 unspecified atom stereocenters. The molecule has 0 saturated carbocycles. The Bertz CT molecular complexity index is 1160. The zero-order chi connectivity index (χ0) is 25.6. The third-order valence-corrected chi connectivity index (χ3v) is 6.91. The van der Waals surface area contributed by atoms with Crippen LogP contribution >= 0.6 is 0 Å². The van der Waals surface area contributed by atoms with Crippen molar-refractivity contribution in [3.8, 4) is 17.2 Å². The molecule has 0 aliphatic carbocycles. The van der Waals surface area contributed by atoms with Crippen LogP contribution in [-0.2, 0) is 21.2 Å². The van der Waals surface area contributed by atoms with E-state index in [0.29, 0.717) is 48.7 Å². The van der Waals surface area contributed by atoms with Crippen LogP contribution in [0, 0.1) is 0 Å². The summed E-state index contributed by atoms with van der Waals surface area (Å²) in [6.07, 6.45) is 3.75. The molecule has 0 saturated heterocycles. The van der Waals surface area contributed by atoms with E-state index in [1.165, 1.54) is 14.2 Å².